The molecule has 3 rings (SSSR count). The summed E-state index contributed by atoms with van der Waals surface area (Å²) in [4.78, 5) is 4.07. The number of aryl methyl sites for hydroxylation is 2. The summed E-state index contributed by atoms with van der Waals surface area (Å²) in [5.74, 6) is 0.864. The van der Waals surface area contributed by atoms with E-state index in [9.17, 15) is 0 Å². The maximum atomic E-state index is 4.65. The zero-order valence-electron chi connectivity index (χ0n) is 12.0. The van der Waals surface area contributed by atoms with Gasteiger partial charge < -0.3 is 5.32 Å². The first-order chi connectivity index (χ1) is 9.83. The lowest BCUT2D eigenvalue weighted by Crippen LogP contribution is -2.27. The van der Waals surface area contributed by atoms with Crippen molar-refractivity contribution in [1.82, 2.24) is 20.1 Å². The van der Waals surface area contributed by atoms with Crippen LogP contribution in [0.5, 0.6) is 0 Å². The second-order valence-electron chi connectivity index (χ2n) is 5.61. The molecule has 0 radical (unpaired) electrons. The quantitative estimate of drug-likeness (QED) is 0.927. The van der Waals surface area contributed by atoms with E-state index in [2.05, 4.69) is 21.5 Å². The highest BCUT2D eigenvalue weighted by atomic mass is 15.3. The maximum absolute atomic E-state index is 4.65. The van der Waals surface area contributed by atoms with Crippen LogP contribution in [0.25, 0.3) is 11.3 Å². The van der Waals surface area contributed by atoms with E-state index in [1.807, 2.05) is 36.3 Å². The number of aromatic nitrogens is 3. The summed E-state index contributed by atoms with van der Waals surface area (Å²) in [5.41, 5.74) is 3.56. The Morgan fingerprint density at radius 2 is 2.00 bits per heavy atom. The van der Waals surface area contributed by atoms with Gasteiger partial charge in [0.2, 0.25) is 0 Å². The fourth-order valence-electron chi connectivity index (χ4n) is 2.96. The third-order valence-electron chi connectivity index (χ3n) is 4.17. The third-order valence-corrected chi connectivity index (χ3v) is 4.17. The maximum Gasteiger partial charge on any atom is 0.0682 e. The molecule has 1 aliphatic rings. The van der Waals surface area contributed by atoms with Gasteiger partial charge in [-0.15, -0.1) is 0 Å². The smallest absolute Gasteiger partial charge is 0.0682 e. The molecule has 1 aliphatic heterocycles. The Labute approximate surface area is 120 Å². The lowest BCUT2D eigenvalue weighted by molar-refractivity contribution is 0.353. The van der Waals surface area contributed by atoms with Crippen LogP contribution in [0.1, 0.15) is 25.0 Å². The zero-order chi connectivity index (χ0) is 13.8. The fraction of sp³-hybridized carbons (Fsp3) is 0.500. The number of nitrogens with one attached hydrogen (secondary N) is 1. The van der Waals surface area contributed by atoms with E-state index in [1.54, 1.807) is 0 Å². The summed E-state index contributed by atoms with van der Waals surface area (Å²) >= 11 is 0. The monoisotopic (exact) mass is 270 g/mol. The third kappa shape index (κ3) is 3.07. The number of piperidine rings is 1. The molecule has 0 bridgehead atoms. The predicted molar refractivity (Wildman–Crippen MR) is 80.4 cm³/mol. The van der Waals surface area contributed by atoms with Crippen molar-refractivity contribution in [1.29, 1.82) is 0 Å². The van der Waals surface area contributed by atoms with E-state index >= 15 is 0 Å². The summed E-state index contributed by atoms with van der Waals surface area (Å²) in [6, 6.07) is 6.29. The standard InChI is InChI=1S/C16H22N4/c1-20-16(14-6-10-18-11-7-14)12-15(19-20)3-2-13-4-8-17-9-5-13/h6-7,10-13,17H,2-5,8-9H2,1H3. The van der Waals surface area contributed by atoms with Crippen LogP contribution in [0, 0.1) is 5.92 Å². The van der Waals surface area contributed by atoms with Crippen molar-refractivity contribution in [3.63, 3.8) is 0 Å². The topological polar surface area (TPSA) is 42.7 Å². The van der Waals surface area contributed by atoms with Gasteiger partial charge in [0.05, 0.1) is 11.4 Å². The summed E-state index contributed by atoms with van der Waals surface area (Å²) in [7, 11) is 2.02. The van der Waals surface area contributed by atoms with Crippen molar-refractivity contribution in [3.05, 3.63) is 36.3 Å². The summed E-state index contributed by atoms with van der Waals surface area (Å²) < 4.78 is 1.98. The van der Waals surface area contributed by atoms with Crippen LogP contribution < -0.4 is 5.32 Å². The van der Waals surface area contributed by atoms with Gasteiger partial charge in [0, 0.05) is 25.0 Å². The largest absolute Gasteiger partial charge is 0.317 e. The molecule has 0 unspecified atom stereocenters. The molecule has 4 nitrogen and oxygen atoms in total. The second-order valence-corrected chi connectivity index (χ2v) is 5.61. The van der Waals surface area contributed by atoms with Crippen LogP contribution >= 0.6 is 0 Å². The Morgan fingerprint density at radius 1 is 1.25 bits per heavy atom. The van der Waals surface area contributed by atoms with Crippen LogP contribution in [0.3, 0.4) is 0 Å². The van der Waals surface area contributed by atoms with Gasteiger partial charge in [0.25, 0.3) is 0 Å². The number of rotatable bonds is 4. The predicted octanol–water partition coefficient (Wildman–Crippen LogP) is 2.41. The van der Waals surface area contributed by atoms with E-state index in [0.29, 0.717) is 0 Å². The Hall–Kier alpha value is -1.68. The summed E-state index contributed by atoms with van der Waals surface area (Å²) in [6.45, 7) is 2.35. The van der Waals surface area contributed by atoms with E-state index < -0.39 is 0 Å². The lowest BCUT2D eigenvalue weighted by Gasteiger charge is -2.21. The number of pyridine rings is 1. The minimum absolute atomic E-state index is 0.864. The first-order valence-electron chi connectivity index (χ1n) is 7.47. The van der Waals surface area contributed by atoms with Gasteiger partial charge in [-0.25, -0.2) is 0 Å². The van der Waals surface area contributed by atoms with Crippen LogP contribution in [-0.4, -0.2) is 27.9 Å². The molecular formula is C16H22N4. The molecule has 3 heterocycles. The van der Waals surface area contributed by atoms with Crippen molar-refractivity contribution in [2.45, 2.75) is 25.7 Å². The van der Waals surface area contributed by atoms with Crippen molar-refractivity contribution >= 4 is 0 Å². The molecule has 0 atom stereocenters. The normalized spacial score (nSPS) is 16.4. The highest BCUT2D eigenvalue weighted by Crippen LogP contribution is 2.22. The molecule has 0 saturated carbocycles. The first kappa shape index (κ1) is 13.3. The molecule has 20 heavy (non-hydrogen) atoms. The van der Waals surface area contributed by atoms with Gasteiger partial charge in [-0.05, 0) is 62.9 Å². The Kier molecular flexibility index (Phi) is 4.11. The van der Waals surface area contributed by atoms with Crippen LogP contribution in [0.15, 0.2) is 30.6 Å². The molecule has 2 aromatic rings. The van der Waals surface area contributed by atoms with Crippen LogP contribution in [0.4, 0.5) is 0 Å². The Balaban J connectivity index is 1.66. The van der Waals surface area contributed by atoms with Gasteiger partial charge in [-0.2, -0.15) is 5.10 Å². The van der Waals surface area contributed by atoms with Crippen LogP contribution in [-0.2, 0) is 13.5 Å². The van der Waals surface area contributed by atoms with E-state index in [4.69, 9.17) is 0 Å². The molecular weight excluding hydrogens is 248 g/mol. The molecule has 1 fully saturated rings. The zero-order valence-corrected chi connectivity index (χ0v) is 12.0. The molecule has 0 aliphatic carbocycles. The van der Waals surface area contributed by atoms with Gasteiger partial charge in [-0.3, -0.25) is 9.67 Å². The van der Waals surface area contributed by atoms with Crippen LogP contribution in [0.2, 0.25) is 0 Å². The minimum atomic E-state index is 0.864. The van der Waals surface area contributed by atoms with Gasteiger partial charge in [0.1, 0.15) is 0 Å². The molecule has 2 aromatic heterocycles. The van der Waals surface area contributed by atoms with E-state index in [1.165, 1.54) is 49.3 Å². The van der Waals surface area contributed by atoms with E-state index in [0.717, 1.165) is 12.3 Å². The van der Waals surface area contributed by atoms with Gasteiger partial charge >= 0.3 is 0 Å². The first-order valence-corrected chi connectivity index (χ1v) is 7.47. The number of nitrogens with zero attached hydrogens (tertiary/aromatic N) is 3. The molecule has 1 saturated heterocycles. The number of hydrogen-bond acceptors (Lipinski definition) is 3. The Morgan fingerprint density at radius 3 is 2.75 bits per heavy atom. The van der Waals surface area contributed by atoms with Gasteiger partial charge in [0.15, 0.2) is 0 Å². The fourth-order valence-corrected chi connectivity index (χ4v) is 2.96. The molecule has 0 amide bonds. The highest BCUT2D eigenvalue weighted by molar-refractivity contribution is 5.59. The van der Waals surface area contributed by atoms with Crippen molar-refractivity contribution < 1.29 is 0 Å². The highest BCUT2D eigenvalue weighted by Gasteiger charge is 2.14. The molecule has 0 aromatic carbocycles. The molecule has 0 spiro atoms. The van der Waals surface area contributed by atoms with E-state index in [-0.39, 0.29) is 0 Å². The summed E-state index contributed by atoms with van der Waals surface area (Å²) in [6.07, 6.45) is 8.63. The second kappa shape index (κ2) is 6.18. The average molecular weight is 270 g/mol. The summed E-state index contributed by atoms with van der Waals surface area (Å²) in [5, 5.41) is 8.07. The Bertz CT molecular complexity index is 541. The molecule has 4 heteroatoms. The van der Waals surface area contributed by atoms with Crippen molar-refractivity contribution in [2.24, 2.45) is 13.0 Å². The lowest BCUT2D eigenvalue weighted by atomic mass is 9.92. The van der Waals surface area contributed by atoms with Gasteiger partial charge in [-0.1, -0.05) is 0 Å². The number of hydrogen-bond donors (Lipinski definition) is 1. The van der Waals surface area contributed by atoms with Crippen molar-refractivity contribution in [3.8, 4) is 11.3 Å². The van der Waals surface area contributed by atoms with Crippen molar-refractivity contribution in [2.75, 3.05) is 13.1 Å². The SMILES string of the molecule is Cn1nc(CCC2CCNCC2)cc1-c1ccncc1. The molecule has 106 valence electrons. The molecule has 1 N–H and O–H groups in total. The average Bonchev–Trinajstić information content (AvgIpc) is 2.88. The minimum Gasteiger partial charge on any atom is -0.317 e.